The van der Waals surface area contributed by atoms with Crippen LogP contribution in [0.1, 0.15) is 5.56 Å². The van der Waals surface area contributed by atoms with Crippen molar-refractivity contribution >= 4 is 23.9 Å². The first-order chi connectivity index (χ1) is 16.1. The molecule has 0 aliphatic rings. The van der Waals surface area contributed by atoms with Crippen LogP contribution in [0.25, 0.3) is 17.1 Å². The van der Waals surface area contributed by atoms with E-state index in [-0.39, 0.29) is 17.4 Å². The van der Waals surface area contributed by atoms with Crippen LogP contribution in [0.15, 0.2) is 89.1 Å². The summed E-state index contributed by atoms with van der Waals surface area (Å²) in [5, 5.41) is 21.6. The number of carbonyl (C=O) groups excluding carboxylic acids is 1. The highest BCUT2D eigenvalue weighted by molar-refractivity contribution is 7.99. The number of H-pyrrole nitrogens is 1. The van der Waals surface area contributed by atoms with Gasteiger partial charge in [-0.1, -0.05) is 30.3 Å². The summed E-state index contributed by atoms with van der Waals surface area (Å²) in [6, 6.07) is 24.1. The van der Waals surface area contributed by atoms with E-state index in [1.54, 1.807) is 31.4 Å². The molecule has 0 radical (unpaired) electrons. The number of hydrazone groups is 1. The number of nitrogens with one attached hydrogen (secondary N) is 2. The van der Waals surface area contributed by atoms with Gasteiger partial charge in [0.2, 0.25) is 0 Å². The summed E-state index contributed by atoms with van der Waals surface area (Å²) in [6.07, 6.45) is 1.47. The predicted molar refractivity (Wildman–Crippen MR) is 127 cm³/mol. The van der Waals surface area contributed by atoms with Crippen molar-refractivity contribution in [3.05, 3.63) is 84.4 Å². The zero-order valence-corrected chi connectivity index (χ0v) is 18.6. The first kappa shape index (κ1) is 22.1. The highest BCUT2D eigenvalue weighted by Crippen LogP contribution is 2.22. The lowest BCUT2D eigenvalue weighted by Gasteiger charge is -2.05. The van der Waals surface area contributed by atoms with Crippen LogP contribution in [0.5, 0.6) is 11.5 Å². The van der Waals surface area contributed by atoms with Crippen LogP contribution in [0, 0.1) is 0 Å². The number of aromatic hydroxyl groups is 1. The minimum atomic E-state index is -0.273. The van der Waals surface area contributed by atoms with Gasteiger partial charge in [0.1, 0.15) is 17.2 Å². The number of aromatic amines is 1. The third-order valence-electron chi connectivity index (χ3n) is 4.66. The number of phenols is 1. The Balaban J connectivity index is 1.50. The lowest BCUT2D eigenvalue weighted by atomic mass is 10.2. The average Bonchev–Trinajstić information content (AvgIpc) is 3.27. The minimum absolute atomic E-state index is 0.122. The maximum atomic E-state index is 12.3. The second-order valence-electron chi connectivity index (χ2n) is 6.93. The molecule has 0 saturated heterocycles. The smallest absolute Gasteiger partial charge is 0.342 e. The van der Waals surface area contributed by atoms with E-state index in [1.165, 1.54) is 18.0 Å². The molecular formula is C24H22N5O3S+. The van der Waals surface area contributed by atoms with Gasteiger partial charge in [-0.25, -0.2) is 5.43 Å². The van der Waals surface area contributed by atoms with Gasteiger partial charge in [-0.3, -0.25) is 4.79 Å². The third-order valence-corrected chi connectivity index (χ3v) is 5.59. The molecule has 3 N–H and O–H groups in total. The Labute approximate surface area is 194 Å². The maximum absolute atomic E-state index is 12.3. The zero-order chi connectivity index (χ0) is 23.0. The summed E-state index contributed by atoms with van der Waals surface area (Å²) < 4.78 is 7.22. The van der Waals surface area contributed by atoms with E-state index < -0.39 is 0 Å². The van der Waals surface area contributed by atoms with Crippen molar-refractivity contribution in [1.29, 1.82) is 0 Å². The highest BCUT2D eigenvalue weighted by Gasteiger charge is 2.24. The molecular weight excluding hydrogens is 438 g/mol. The molecule has 166 valence electrons. The van der Waals surface area contributed by atoms with Gasteiger partial charge in [-0.15, -0.1) is 5.10 Å². The van der Waals surface area contributed by atoms with Gasteiger partial charge in [0.25, 0.3) is 11.7 Å². The van der Waals surface area contributed by atoms with E-state index in [4.69, 9.17) is 4.74 Å². The van der Waals surface area contributed by atoms with E-state index in [9.17, 15) is 9.90 Å². The van der Waals surface area contributed by atoms with Crippen molar-refractivity contribution in [3.63, 3.8) is 0 Å². The summed E-state index contributed by atoms with van der Waals surface area (Å²) in [7, 11) is 1.63. The Hall–Kier alpha value is -4.11. The van der Waals surface area contributed by atoms with Crippen LogP contribution in [0.3, 0.4) is 0 Å². The molecule has 1 heterocycles. The third kappa shape index (κ3) is 5.58. The number of para-hydroxylation sites is 1. The molecule has 0 bridgehead atoms. The Morgan fingerprint density at radius 1 is 1.15 bits per heavy atom. The number of nitrogens with zero attached hydrogens (tertiary/aromatic N) is 3. The molecule has 0 aliphatic carbocycles. The molecule has 0 atom stereocenters. The second-order valence-corrected chi connectivity index (χ2v) is 7.87. The number of hydrogen-bond acceptors (Lipinski definition) is 6. The Morgan fingerprint density at radius 3 is 2.67 bits per heavy atom. The van der Waals surface area contributed by atoms with Crippen LogP contribution < -0.4 is 14.7 Å². The minimum Gasteiger partial charge on any atom is -0.508 e. The number of carbonyl (C=O) groups is 1. The lowest BCUT2D eigenvalue weighted by Crippen LogP contribution is -2.34. The molecule has 3 aromatic carbocycles. The fraction of sp³-hybridized carbons (Fsp3) is 0.0833. The zero-order valence-electron chi connectivity index (χ0n) is 17.8. The van der Waals surface area contributed by atoms with Crippen LogP contribution in [-0.4, -0.2) is 40.3 Å². The summed E-state index contributed by atoms with van der Waals surface area (Å²) in [5.41, 5.74) is 5.03. The summed E-state index contributed by atoms with van der Waals surface area (Å²) in [5.74, 6) is 1.54. The van der Waals surface area contributed by atoms with E-state index in [0.29, 0.717) is 10.7 Å². The molecule has 4 aromatic rings. The van der Waals surface area contributed by atoms with Crippen molar-refractivity contribution in [3.8, 4) is 28.6 Å². The largest absolute Gasteiger partial charge is 0.508 e. The molecule has 0 saturated carbocycles. The molecule has 0 aliphatic heterocycles. The number of ether oxygens (including phenoxy) is 1. The maximum Gasteiger partial charge on any atom is 0.342 e. The summed E-state index contributed by atoms with van der Waals surface area (Å²) in [4.78, 5) is 12.3. The Kier molecular flexibility index (Phi) is 7.01. The number of methoxy groups -OCH3 is 1. The highest BCUT2D eigenvalue weighted by atomic mass is 32.2. The molecule has 0 fully saturated rings. The fourth-order valence-corrected chi connectivity index (χ4v) is 3.86. The van der Waals surface area contributed by atoms with Gasteiger partial charge in [0, 0.05) is 0 Å². The van der Waals surface area contributed by atoms with Gasteiger partial charge in [-0.2, -0.15) is 9.67 Å². The first-order valence-corrected chi connectivity index (χ1v) is 11.1. The van der Waals surface area contributed by atoms with E-state index >= 15 is 0 Å². The quantitative estimate of drug-likeness (QED) is 0.162. The number of amides is 1. The van der Waals surface area contributed by atoms with E-state index in [1.807, 2.05) is 59.2 Å². The molecule has 33 heavy (non-hydrogen) atoms. The number of rotatable bonds is 8. The standard InChI is InChI=1S/C24H21N5O3S/c1-32-21-12-10-18(11-13-21)23-27-28-24(29(23)19-7-3-2-4-8-19)33-16-22(31)26-25-15-17-6-5-9-20(30)14-17/h2-15H,16H2,1H3,(H2,26,30,31)/p+1/b25-15+. The van der Waals surface area contributed by atoms with Crippen LogP contribution in [0.2, 0.25) is 0 Å². The molecule has 9 heteroatoms. The van der Waals surface area contributed by atoms with Gasteiger partial charge in [0.05, 0.1) is 29.7 Å². The van der Waals surface area contributed by atoms with Crippen molar-refractivity contribution < 1.29 is 19.2 Å². The first-order valence-electron chi connectivity index (χ1n) is 10.1. The predicted octanol–water partition coefficient (Wildman–Crippen LogP) is 3.31. The molecule has 1 amide bonds. The topological polar surface area (TPSA) is 103 Å². The number of aromatic nitrogens is 3. The fourth-order valence-electron chi connectivity index (χ4n) is 3.10. The summed E-state index contributed by atoms with van der Waals surface area (Å²) >= 11 is 1.29. The SMILES string of the molecule is COc1ccc(-c2[nH]nc(SCC(=O)N/N=C/c3cccc(O)c3)[n+]2-c2ccccc2)cc1. The van der Waals surface area contributed by atoms with E-state index in [2.05, 4.69) is 20.7 Å². The lowest BCUT2D eigenvalue weighted by molar-refractivity contribution is -0.625. The second kappa shape index (κ2) is 10.5. The normalized spacial score (nSPS) is 10.9. The molecule has 8 nitrogen and oxygen atoms in total. The van der Waals surface area contributed by atoms with Crippen molar-refractivity contribution in [1.82, 2.24) is 15.6 Å². The van der Waals surface area contributed by atoms with E-state index in [0.717, 1.165) is 22.8 Å². The van der Waals surface area contributed by atoms with Crippen molar-refractivity contribution in [2.24, 2.45) is 5.10 Å². The van der Waals surface area contributed by atoms with Crippen LogP contribution in [-0.2, 0) is 4.79 Å². The summed E-state index contributed by atoms with van der Waals surface area (Å²) in [6.45, 7) is 0. The van der Waals surface area contributed by atoms with Gasteiger partial charge in [0.15, 0.2) is 0 Å². The average molecular weight is 461 g/mol. The van der Waals surface area contributed by atoms with Crippen molar-refractivity contribution in [2.45, 2.75) is 5.16 Å². The molecule has 0 unspecified atom stereocenters. The Morgan fingerprint density at radius 2 is 1.94 bits per heavy atom. The van der Waals surface area contributed by atoms with Crippen LogP contribution >= 0.6 is 11.8 Å². The van der Waals surface area contributed by atoms with Gasteiger partial charge < -0.3 is 9.84 Å². The molecule has 4 rings (SSSR count). The van der Waals surface area contributed by atoms with Crippen LogP contribution in [0.4, 0.5) is 0 Å². The number of thioether (sulfide) groups is 1. The van der Waals surface area contributed by atoms with Gasteiger partial charge >= 0.3 is 5.16 Å². The molecule has 1 aromatic heterocycles. The monoisotopic (exact) mass is 460 g/mol. The van der Waals surface area contributed by atoms with Gasteiger partial charge in [-0.05, 0) is 65.9 Å². The Bertz CT molecular complexity index is 1260. The number of phenolic OH excluding ortho intramolecular Hbond substituents is 1. The number of hydrogen-bond donors (Lipinski definition) is 3. The number of benzene rings is 3. The van der Waals surface area contributed by atoms with Crippen molar-refractivity contribution in [2.75, 3.05) is 12.9 Å². The molecule has 0 spiro atoms.